The fourth-order valence-corrected chi connectivity index (χ4v) is 3.32. The van der Waals surface area contributed by atoms with Crippen molar-refractivity contribution < 1.29 is 14.0 Å². The maximum absolute atomic E-state index is 13.4. The van der Waals surface area contributed by atoms with Crippen molar-refractivity contribution in [3.05, 3.63) is 11.1 Å². The highest BCUT2D eigenvalue weighted by atomic mass is 32.1. The van der Waals surface area contributed by atoms with E-state index in [4.69, 9.17) is 5.26 Å². The molecule has 136 valence electrons. The first-order valence-corrected chi connectivity index (χ1v) is 8.82. The van der Waals surface area contributed by atoms with Gasteiger partial charge in [-0.2, -0.15) is 5.26 Å². The lowest BCUT2D eigenvalue weighted by atomic mass is 10.00. The van der Waals surface area contributed by atoms with Crippen LogP contribution in [-0.4, -0.2) is 52.5 Å². The second-order valence-electron chi connectivity index (χ2n) is 6.76. The number of nitrogens with zero attached hydrogens (tertiary/aromatic N) is 3. The lowest BCUT2D eigenvalue weighted by molar-refractivity contribution is -0.131. The first-order valence-electron chi connectivity index (χ1n) is 8.00. The number of alkyl halides is 1. The SMILES string of the molecule is Cc1cnc(NC(=O)CC(C)(C)NCC(=O)N2C[C@@H](F)C[C@H]2C#N)s1. The summed E-state index contributed by atoms with van der Waals surface area (Å²) in [5.74, 6) is -0.546. The molecular weight excluding hydrogens is 345 g/mol. The molecule has 1 aromatic rings. The van der Waals surface area contributed by atoms with E-state index >= 15 is 0 Å². The highest BCUT2D eigenvalue weighted by molar-refractivity contribution is 7.15. The maximum Gasteiger partial charge on any atom is 0.237 e. The van der Waals surface area contributed by atoms with Crippen LogP contribution in [0, 0.1) is 18.3 Å². The monoisotopic (exact) mass is 367 g/mol. The Bertz CT molecular complexity index is 684. The van der Waals surface area contributed by atoms with Crippen LogP contribution in [0.25, 0.3) is 0 Å². The predicted octanol–water partition coefficient (Wildman–Crippen LogP) is 1.61. The van der Waals surface area contributed by atoms with Gasteiger partial charge in [0, 0.05) is 29.5 Å². The van der Waals surface area contributed by atoms with E-state index in [9.17, 15) is 14.0 Å². The number of aromatic nitrogens is 1. The van der Waals surface area contributed by atoms with Gasteiger partial charge in [-0.1, -0.05) is 0 Å². The van der Waals surface area contributed by atoms with Crippen molar-refractivity contribution in [1.29, 1.82) is 5.26 Å². The van der Waals surface area contributed by atoms with E-state index in [1.807, 2.05) is 13.0 Å². The van der Waals surface area contributed by atoms with Gasteiger partial charge in [-0.15, -0.1) is 11.3 Å². The molecule has 1 saturated heterocycles. The molecule has 1 fully saturated rings. The van der Waals surface area contributed by atoms with Crippen LogP contribution in [-0.2, 0) is 9.59 Å². The molecule has 9 heteroatoms. The molecule has 25 heavy (non-hydrogen) atoms. The highest BCUT2D eigenvalue weighted by Crippen LogP contribution is 2.20. The Hall–Kier alpha value is -2.05. The molecule has 0 aromatic carbocycles. The molecule has 1 aliphatic rings. The Morgan fingerprint density at radius 2 is 2.28 bits per heavy atom. The Morgan fingerprint density at radius 1 is 1.56 bits per heavy atom. The quantitative estimate of drug-likeness (QED) is 0.796. The summed E-state index contributed by atoms with van der Waals surface area (Å²) >= 11 is 1.39. The van der Waals surface area contributed by atoms with Crippen LogP contribution >= 0.6 is 11.3 Å². The minimum atomic E-state index is -1.16. The number of anilines is 1. The predicted molar refractivity (Wildman–Crippen MR) is 92.8 cm³/mol. The third kappa shape index (κ3) is 5.47. The average Bonchev–Trinajstić information content (AvgIpc) is 3.09. The summed E-state index contributed by atoms with van der Waals surface area (Å²) in [7, 11) is 0. The largest absolute Gasteiger partial charge is 0.323 e. The van der Waals surface area contributed by atoms with Gasteiger partial charge in [0.05, 0.1) is 19.2 Å². The molecule has 2 atom stereocenters. The van der Waals surface area contributed by atoms with Crippen molar-refractivity contribution in [2.24, 2.45) is 0 Å². The normalized spacial score (nSPS) is 20.4. The molecule has 0 aliphatic carbocycles. The van der Waals surface area contributed by atoms with Crippen LogP contribution in [0.2, 0.25) is 0 Å². The molecule has 2 amide bonds. The van der Waals surface area contributed by atoms with Gasteiger partial charge in [-0.05, 0) is 20.8 Å². The topological polar surface area (TPSA) is 98.1 Å². The molecule has 0 unspecified atom stereocenters. The minimum absolute atomic E-state index is 0.0525. The molecular formula is C16H22FN5O2S. The van der Waals surface area contributed by atoms with Crippen LogP contribution < -0.4 is 10.6 Å². The van der Waals surface area contributed by atoms with E-state index < -0.39 is 17.8 Å². The number of nitrogens with one attached hydrogen (secondary N) is 2. The van der Waals surface area contributed by atoms with Gasteiger partial charge in [-0.3, -0.25) is 9.59 Å². The average molecular weight is 367 g/mol. The zero-order valence-electron chi connectivity index (χ0n) is 14.5. The summed E-state index contributed by atoms with van der Waals surface area (Å²) in [4.78, 5) is 30.7. The second kappa shape index (κ2) is 7.89. The molecule has 2 rings (SSSR count). The number of likely N-dealkylation sites (tertiary alicyclic amines) is 1. The van der Waals surface area contributed by atoms with Crippen LogP contribution in [0.3, 0.4) is 0 Å². The molecule has 2 N–H and O–H groups in total. The van der Waals surface area contributed by atoms with Gasteiger partial charge in [0.1, 0.15) is 12.2 Å². The fourth-order valence-electron chi connectivity index (χ4n) is 2.64. The van der Waals surface area contributed by atoms with Crippen LogP contribution in [0.4, 0.5) is 9.52 Å². The lowest BCUT2D eigenvalue weighted by Crippen LogP contribution is -2.49. The molecule has 7 nitrogen and oxygen atoms in total. The van der Waals surface area contributed by atoms with Crippen molar-refractivity contribution in [2.45, 2.75) is 51.4 Å². The number of carbonyl (C=O) groups excluding carboxylic acids is 2. The number of halogens is 1. The third-order valence-electron chi connectivity index (χ3n) is 3.91. The van der Waals surface area contributed by atoms with E-state index in [-0.39, 0.29) is 37.7 Å². The third-order valence-corrected chi connectivity index (χ3v) is 4.74. The van der Waals surface area contributed by atoms with E-state index in [1.54, 1.807) is 20.0 Å². The number of carbonyl (C=O) groups is 2. The van der Waals surface area contributed by atoms with E-state index in [0.29, 0.717) is 5.13 Å². The van der Waals surface area contributed by atoms with E-state index in [0.717, 1.165) is 4.88 Å². The summed E-state index contributed by atoms with van der Waals surface area (Å²) in [5, 5.41) is 15.3. The number of thiazole rings is 1. The molecule has 0 bridgehead atoms. The molecule has 0 spiro atoms. The standard InChI is InChI=1S/C16H22FN5O2S/c1-10-7-19-15(25-10)21-13(23)5-16(2,3)20-8-14(24)22-9-11(17)4-12(22)6-18/h7,11-12,20H,4-5,8-9H2,1-3H3,(H,19,21,23)/t11-,12-/m0/s1. The summed E-state index contributed by atoms with van der Waals surface area (Å²) < 4.78 is 13.4. The summed E-state index contributed by atoms with van der Waals surface area (Å²) in [6, 6.07) is 1.23. The molecule has 0 radical (unpaired) electrons. The lowest BCUT2D eigenvalue weighted by Gasteiger charge is -2.27. The van der Waals surface area contributed by atoms with E-state index in [2.05, 4.69) is 15.6 Å². The first kappa shape index (κ1) is 19.3. The van der Waals surface area contributed by atoms with Gasteiger partial charge in [-0.25, -0.2) is 9.37 Å². The number of amides is 2. The number of aryl methyl sites for hydroxylation is 1. The van der Waals surface area contributed by atoms with Crippen molar-refractivity contribution in [3.8, 4) is 6.07 Å². The fraction of sp³-hybridized carbons (Fsp3) is 0.625. The summed E-state index contributed by atoms with van der Waals surface area (Å²) in [6.07, 6.45) is 0.726. The van der Waals surface area contributed by atoms with Gasteiger partial charge in [0.25, 0.3) is 0 Å². The Balaban J connectivity index is 1.83. The Kier molecular flexibility index (Phi) is 6.08. The zero-order valence-corrected chi connectivity index (χ0v) is 15.3. The van der Waals surface area contributed by atoms with Crippen molar-refractivity contribution in [3.63, 3.8) is 0 Å². The number of rotatable bonds is 6. The van der Waals surface area contributed by atoms with Crippen LogP contribution in [0.1, 0.15) is 31.6 Å². The molecule has 1 aliphatic heterocycles. The van der Waals surface area contributed by atoms with Gasteiger partial charge in [0.2, 0.25) is 11.8 Å². The van der Waals surface area contributed by atoms with Crippen molar-refractivity contribution in [2.75, 3.05) is 18.4 Å². The Morgan fingerprint density at radius 3 is 2.88 bits per heavy atom. The Labute approximate surface area is 150 Å². The van der Waals surface area contributed by atoms with Crippen molar-refractivity contribution in [1.82, 2.24) is 15.2 Å². The van der Waals surface area contributed by atoms with Gasteiger partial charge >= 0.3 is 0 Å². The molecule has 0 saturated carbocycles. The highest BCUT2D eigenvalue weighted by Gasteiger charge is 2.35. The second-order valence-corrected chi connectivity index (χ2v) is 8.00. The summed E-state index contributed by atoms with van der Waals surface area (Å²) in [6.45, 7) is 5.40. The van der Waals surface area contributed by atoms with Crippen LogP contribution in [0.15, 0.2) is 6.20 Å². The summed E-state index contributed by atoms with van der Waals surface area (Å²) in [5.41, 5.74) is -0.636. The number of hydrogen-bond donors (Lipinski definition) is 2. The minimum Gasteiger partial charge on any atom is -0.323 e. The van der Waals surface area contributed by atoms with E-state index in [1.165, 1.54) is 16.2 Å². The maximum atomic E-state index is 13.4. The van der Waals surface area contributed by atoms with Gasteiger partial charge < -0.3 is 15.5 Å². The van der Waals surface area contributed by atoms with Crippen molar-refractivity contribution >= 4 is 28.3 Å². The number of nitriles is 1. The first-order chi connectivity index (χ1) is 11.7. The van der Waals surface area contributed by atoms with Gasteiger partial charge in [0.15, 0.2) is 5.13 Å². The molecule has 1 aromatic heterocycles. The zero-order chi connectivity index (χ0) is 18.6. The smallest absolute Gasteiger partial charge is 0.237 e. The van der Waals surface area contributed by atoms with Crippen LogP contribution in [0.5, 0.6) is 0 Å². The number of hydrogen-bond acceptors (Lipinski definition) is 6. The molecule has 2 heterocycles.